The first-order chi connectivity index (χ1) is 7.37. The van der Waals surface area contributed by atoms with Gasteiger partial charge >= 0.3 is 6.36 Å². The molecule has 0 radical (unpaired) electrons. The molecule has 0 aliphatic heterocycles. The minimum absolute atomic E-state index is 0.0119. The van der Waals surface area contributed by atoms with Crippen molar-refractivity contribution in [1.82, 2.24) is 4.98 Å². The second-order valence-electron chi connectivity index (χ2n) is 2.63. The summed E-state index contributed by atoms with van der Waals surface area (Å²) >= 11 is 1.63. The monoisotopic (exact) mass is 349 g/mol. The number of halogens is 4. The van der Waals surface area contributed by atoms with E-state index in [9.17, 15) is 13.2 Å². The first kappa shape index (κ1) is 13.3. The first-order valence-corrected chi connectivity index (χ1v) is 5.05. The van der Waals surface area contributed by atoms with Gasteiger partial charge in [-0.1, -0.05) is 0 Å². The quantitative estimate of drug-likeness (QED) is 0.850. The molecule has 0 aliphatic rings. The van der Waals surface area contributed by atoms with E-state index in [1.165, 1.54) is 13.2 Å². The molecule has 1 N–H and O–H groups in total. The van der Waals surface area contributed by atoms with Crippen LogP contribution in [0.15, 0.2) is 6.07 Å². The van der Waals surface area contributed by atoms with Crippen molar-refractivity contribution in [3.63, 3.8) is 0 Å². The Morgan fingerprint density at radius 3 is 2.56 bits per heavy atom. The molecule has 1 rings (SSSR count). The third-order valence-corrected chi connectivity index (χ3v) is 2.34. The van der Waals surface area contributed by atoms with Crippen molar-refractivity contribution in [2.45, 2.75) is 13.0 Å². The van der Waals surface area contributed by atoms with E-state index in [2.05, 4.69) is 9.72 Å². The number of rotatable bonds is 3. The van der Waals surface area contributed by atoms with Crippen LogP contribution in [-0.4, -0.2) is 23.6 Å². The van der Waals surface area contributed by atoms with E-state index >= 15 is 0 Å². The lowest BCUT2D eigenvalue weighted by atomic mass is 10.3. The van der Waals surface area contributed by atoms with Gasteiger partial charge in [0.15, 0.2) is 0 Å². The summed E-state index contributed by atoms with van der Waals surface area (Å²) in [6, 6.07) is 1.31. The summed E-state index contributed by atoms with van der Waals surface area (Å²) in [5, 5.41) is 8.88. The van der Waals surface area contributed by atoms with Crippen LogP contribution in [0, 0.1) is 3.57 Å². The molecular weight excluding hydrogens is 342 g/mol. The van der Waals surface area contributed by atoms with Crippen LogP contribution in [0.3, 0.4) is 0 Å². The number of aliphatic hydroxyl groups is 1. The molecule has 16 heavy (non-hydrogen) atoms. The highest BCUT2D eigenvalue weighted by molar-refractivity contribution is 14.1. The minimum atomic E-state index is -4.81. The maximum atomic E-state index is 12.0. The van der Waals surface area contributed by atoms with Gasteiger partial charge in [-0.3, -0.25) is 0 Å². The van der Waals surface area contributed by atoms with Crippen molar-refractivity contribution in [1.29, 1.82) is 0 Å². The summed E-state index contributed by atoms with van der Waals surface area (Å²) in [5.74, 6) is -0.389. The molecule has 0 aliphatic carbocycles. The average molecular weight is 349 g/mol. The van der Waals surface area contributed by atoms with Crippen molar-refractivity contribution in [3.8, 4) is 11.6 Å². The number of aliphatic hydroxyl groups excluding tert-OH is 1. The highest BCUT2D eigenvalue weighted by atomic mass is 127. The van der Waals surface area contributed by atoms with Gasteiger partial charge in [0.25, 0.3) is 0 Å². The second-order valence-corrected chi connectivity index (χ2v) is 3.79. The van der Waals surface area contributed by atoms with Crippen molar-refractivity contribution in [2.24, 2.45) is 0 Å². The summed E-state index contributed by atoms with van der Waals surface area (Å²) in [6.45, 7) is -0.533. The number of methoxy groups -OCH3 is 1. The summed E-state index contributed by atoms with van der Waals surface area (Å²) in [5.41, 5.74) is -0.0119. The van der Waals surface area contributed by atoms with E-state index in [0.717, 1.165) is 0 Å². The number of pyridine rings is 1. The van der Waals surface area contributed by atoms with Gasteiger partial charge in [-0.25, -0.2) is 4.98 Å². The van der Waals surface area contributed by atoms with Gasteiger partial charge in [-0.15, -0.1) is 13.2 Å². The van der Waals surface area contributed by atoms with Gasteiger partial charge in [0.2, 0.25) is 5.88 Å². The van der Waals surface area contributed by atoms with E-state index in [0.29, 0.717) is 0 Å². The topological polar surface area (TPSA) is 51.6 Å². The molecule has 90 valence electrons. The average Bonchev–Trinajstić information content (AvgIpc) is 2.18. The number of ether oxygens (including phenoxy) is 2. The molecule has 4 nitrogen and oxygen atoms in total. The Morgan fingerprint density at radius 1 is 1.50 bits per heavy atom. The Hall–Kier alpha value is -0.770. The number of aromatic nitrogens is 1. The number of hydrogen-bond donors (Lipinski definition) is 1. The van der Waals surface area contributed by atoms with Crippen molar-refractivity contribution < 1.29 is 27.8 Å². The van der Waals surface area contributed by atoms with E-state index in [-0.39, 0.29) is 15.0 Å². The van der Waals surface area contributed by atoms with E-state index in [1.807, 2.05) is 0 Å². The Kier molecular flexibility index (Phi) is 4.19. The van der Waals surface area contributed by atoms with Crippen molar-refractivity contribution in [2.75, 3.05) is 7.11 Å². The molecule has 8 heteroatoms. The molecule has 0 atom stereocenters. The fourth-order valence-electron chi connectivity index (χ4n) is 0.962. The second kappa shape index (κ2) is 5.04. The van der Waals surface area contributed by atoms with E-state index in [1.54, 1.807) is 22.6 Å². The largest absolute Gasteiger partial charge is 0.574 e. The SMILES string of the molecule is COc1cc(I)c(OC(F)(F)F)nc1CO. The smallest absolute Gasteiger partial charge is 0.495 e. The lowest BCUT2D eigenvalue weighted by molar-refractivity contribution is -0.276. The summed E-state index contributed by atoms with van der Waals surface area (Å²) in [7, 11) is 1.33. The molecule has 0 amide bonds. The van der Waals surface area contributed by atoms with Crippen molar-refractivity contribution >= 4 is 22.6 Å². The van der Waals surface area contributed by atoms with Crippen LogP contribution >= 0.6 is 22.6 Å². The van der Waals surface area contributed by atoms with Crippen molar-refractivity contribution in [3.05, 3.63) is 15.3 Å². The Balaban J connectivity index is 3.11. The molecule has 1 aromatic rings. The van der Waals surface area contributed by atoms with Gasteiger partial charge in [-0.05, 0) is 22.6 Å². The zero-order valence-corrected chi connectivity index (χ0v) is 10.2. The minimum Gasteiger partial charge on any atom is -0.495 e. The molecule has 0 aromatic carbocycles. The van der Waals surface area contributed by atoms with Crippen LogP contribution < -0.4 is 9.47 Å². The molecule has 0 bridgehead atoms. The number of alkyl halides is 3. The Bertz CT molecular complexity index is 384. The van der Waals surface area contributed by atoms with Crippen LogP contribution in [0.25, 0.3) is 0 Å². The number of hydrogen-bond acceptors (Lipinski definition) is 4. The third kappa shape index (κ3) is 3.37. The van der Waals surface area contributed by atoms with Crippen LogP contribution in [0.4, 0.5) is 13.2 Å². The molecule has 0 saturated heterocycles. The van der Waals surface area contributed by atoms with Crippen LogP contribution in [-0.2, 0) is 6.61 Å². The molecule has 1 aromatic heterocycles. The van der Waals surface area contributed by atoms with Gasteiger partial charge in [-0.2, -0.15) is 0 Å². The zero-order valence-electron chi connectivity index (χ0n) is 8.01. The van der Waals surface area contributed by atoms with Crippen LogP contribution in [0.5, 0.6) is 11.6 Å². The van der Waals surface area contributed by atoms with Gasteiger partial charge in [0.05, 0.1) is 17.3 Å². The summed E-state index contributed by atoms with van der Waals surface area (Å²) < 4.78 is 44.6. The predicted octanol–water partition coefficient (Wildman–Crippen LogP) is 2.09. The lowest BCUT2D eigenvalue weighted by Gasteiger charge is -2.12. The molecule has 0 saturated carbocycles. The standard InChI is InChI=1S/C8H7F3INO3/c1-15-6-2-4(12)7(13-5(6)3-14)16-8(9,10)11/h2,14H,3H2,1H3. The van der Waals surface area contributed by atoms with E-state index in [4.69, 9.17) is 9.84 Å². The molecule has 1 heterocycles. The molecule has 0 fully saturated rings. The highest BCUT2D eigenvalue weighted by Crippen LogP contribution is 2.30. The summed E-state index contributed by atoms with van der Waals surface area (Å²) in [6.07, 6.45) is -4.81. The van der Waals surface area contributed by atoms with Gasteiger partial charge in [0, 0.05) is 6.07 Å². The Morgan fingerprint density at radius 2 is 2.12 bits per heavy atom. The Labute approximate surface area is 103 Å². The first-order valence-electron chi connectivity index (χ1n) is 3.97. The van der Waals surface area contributed by atoms with Gasteiger partial charge in [0.1, 0.15) is 11.4 Å². The van der Waals surface area contributed by atoms with Gasteiger partial charge < -0.3 is 14.6 Å². The van der Waals surface area contributed by atoms with Crippen LogP contribution in [0.2, 0.25) is 0 Å². The molecular formula is C8H7F3INO3. The van der Waals surface area contributed by atoms with E-state index < -0.39 is 18.8 Å². The maximum Gasteiger partial charge on any atom is 0.574 e. The fraction of sp³-hybridized carbons (Fsp3) is 0.375. The third-order valence-electron chi connectivity index (χ3n) is 1.57. The summed E-state index contributed by atoms with van der Waals surface area (Å²) in [4.78, 5) is 3.52. The fourth-order valence-corrected chi connectivity index (χ4v) is 1.48. The normalized spacial score (nSPS) is 11.4. The maximum absolute atomic E-state index is 12.0. The highest BCUT2D eigenvalue weighted by Gasteiger charge is 2.33. The number of nitrogens with zero attached hydrogens (tertiary/aromatic N) is 1. The molecule has 0 spiro atoms. The zero-order chi connectivity index (χ0) is 12.3. The molecule has 0 unspecified atom stereocenters. The van der Waals surface area contributed by atoms with Crippen LogP contribution in [0.1, 0.15) is 5.69 Å². The lowest BCUT2D eigenvalue weighted by Crippen LogP contribution is -2.19. The predicted molar refractivity (Wildman–Crippen MR) is 56.1 cm³/mol.